The second-order valence-corrected chi connectivity index (χ2v) is 6.54. The predicted octanol–water partition coefficient (Wildman–Crippen LogP) is 5.51. The van der Waals surface area contributed by atoms with E-state index in [2.05, 4.69) is 5.32 Å². The number of nitrogens with one attached hydrogen (secondary N) is 1. The number of aryl methyl sites for hydroxylation is 2. The number of hydrogen-bond acceptors (Lipinski definition) is 2. The van der Waals surface area contributed by atoms with Gasteiger partial charge in [-0.1, -0.05) is 18.2 Å². The molecule has 27 heavy (non-hydrogen) atoms. The molecule has 0 radical (unpaired) electrons. The summed E-state index contributed by atoms with van der Waals surface area (Å²) < 4.78 is 28.6. The lowest BCUT2D eigenvalue weighted by Crippen LogP contribution is -2.16. The molecule has 5 heteroatoms. The molecular weight excluding hydrogens is 348 g/mol. The first-order chi connectivity index (χ1) is 12.8. The molecule has 3 aromatic rings. The summed E-state index contributed by atoms with van der Waals surface area (Å²) in [6.07, 6.45) is 0. The molecule has 0 aromatic heterocycles. The monoisotopic (exact) mass is 367 g/mol. The molecule has 3 nitrogen and oxygen atoms in total. The number of anilines is 1. The summed E-state index contributed by atoms with van der Waals surface area (Å²) in [7, 11) is 0. The summed E-state index contributed by atoms with van der Waals surface area (Å²) in [6.45, 7) is 5.19. The van der Waals surface area contributed by atoms with Crippen LogP contribution in [0.1, 0.15) is 27.0 Å². The average Bonchev–Trinajstić information content (AvgIpc) is 2.63. The van der Waals surface area contributed by atoms with Crippen LogP contribution >= 0.6 is 0 Å². The Morgan fingerprint density at radius 3 is 2.44 bits per heavy atom. The Morgan fingerprint density at radius 2 is 1.74 bits per heavy atom. The first-order valence-corrected chi connectivity index (χ1v) is 8.44. The van der Waals surface area contributed by atoms with Gasteiger partial charge in [0.2, 0.25) is 0 Å². The summed E-state index contributed by atoms with van der Waals surface area (Å²) in [5, 5.41) is 12.5. The molecule has 0 bridgehead atoms. The van der Waals surface area contributed by atoms with Crippen molar-refractivity contribution >= 4 is 11.6 Å². The van der Waals surface area contributed by atoms with Gasteiger partial charge in [0.25, 0.3) is 5.91 Å². The molecule has 0 aliphatic rings. The molecule has 0 aliphatic heterocycles. The highest BCUT2D eigenvalue weighted by atomic mass is 19.1. The van der Waals surface area contributed by atoms with Crippen LogP contribution in [0.4, 0.5) is 14.5 Å². The number of phenolic OH excluding ortho intramolecular Hbond substituents is 1. The third-order valence-electron chi connectivity index (χ3n) is 4.48. The molecule has 3 rings (SSSR count). The third kappa shape index (κ3) is 3.67. The van der Waals surface area contributed by atoms with Crippen molar-refractivity contribution < 1.29 is 18.7 Å². The molecular formula is C22H19F2NO2. The number of hydrogen-bond donors (Lipinski definition) is 2. The Morgan fingerprint density at radius 1 is 1.00 bits per heavy atom. The Labute approximate surface area is 156 Å². The van der Waals surface area contributed by atoms with Gasteiger partial charge in [0.1, 0.15) is 17.4 Å². The molecule has 2 N–H and O–H groups in total. The minimum absolute atomic E-state index is 0.0427. The van der Waals surface area contributed by atoms with Crippen molar-refractivity contribution in [1.29, 1.82) is 0 Å². The molecule has 0 unspecified atom stereocenters. The van der Waals surface area contributed by atoms with Crippen LogP contribution in [0.2, 0.25) is 0 Å². The van der Waals surface area contributed by atoms with Crippen LogP contribution in [-0.2, 0) is 0 Å². The lowest BCUT2D eigenvalue weighted by molar-refractivity contribution is 0.102. The van der Waals surface area contributed by atoms with Gasteiger partial charge in [-0.25, -0.2) is 8.78 Å². The zero-order chi connectivity index (χ0) is 19.7. The second-order valence-electron chi connectivity index (χ2n) is 6.54. The highest BCUT2D eigenvalue weighted by Crippen LogP contribution is 2.31. The van der Waals surface area contributed by atoms with E-state index in [4.69, 9.17) is 0 Å². The number of halogens is 2. The lowest BCUT2D eigenvalue weighted by atomic mass is 9.98. The topological polar surface area (TPSA) is 49.3 Å². The SMILES string of the molecule is Cc1cc(C(=O)Nc2c(C)ccc(O)c2C)c(F)c(-c2cccc(F)c2)c1. The lowest BCUT2D eigenvalue weighted by Gasteiger charge is -2.15. The summed E-state index contributed by atoms with van der Waals surface area (Å²) in [5.74, 6) is -1.80. The highest BCUT2D eigenvalue weighted by Gasteiger charge is 2.19. The Balaban J connectivity index is 2.05. The van der Waals surface area contributed by atoms with Crippen molar-refractivity contribution in [3.8, 4) is 16.9 Å². The molecule has 138 valence electrons. The van der Waals surface area contributed by atoms with Crippen molar-refractivity contribution in [3.63, 3.8) is 0 Å². The number of rotatable bonds is 3. The van der Waals surface area contributed by atoms with Gasteiger partial charge in [0.15, 0.2) is 0 Å². The van der Waals surface area contributed by atoms with E-state index < -0.39 is 17.5 Å². The van der Waals surface area contributed by atoms with E-state index in [1.54, 1.807) is 39.0 Å². The summed E-state index contributed by atoms with van der Waals surface area (Å²) >= 11 is 0. The van der Waals surface area contributed by atoms with Crippen molar-refractivity contribution in [2.75, 3.05) is 5.32 Å². The standard InChI is InChI=1S/C22H19F2NO2/c1-12-9-17(15-5-4-6-16(23)11-15)20(24)18(10-12)22(27)25-21-13(2)7-8-19(26)14(21)3/h4-11,26H,1-3H3,(H,25,27). The van der Waals surface area contributed by atoms with Crippen molar-refractivity contribution in [2.45, 2.75) is 20.8 Å². The highest BCUT2D eigenvalue weighted by molar-refractivity contribution is 6.06. The van der Waals surface area contributed by atoms with Crippen LogP contribution < -0.4 is 5.32 Å². The predicted molar refractivity (Wildman–Crippen MR) is 102 cm³/mol. The van der Waals surface area contributed by atoms with Gasteiger partial charge in [-0.05, 0) is 67.8 Å². The van der Waals surface area contributed by atoms with Crippen molar-refractivity contribution in [2.24, 2.45) is 0 Å². The maximum Gasteiger partial charge on any atom is 0.258 e. The largest absolute Gasteiger partial charge is 0.508 e. The Kier molecular flexibility index (Phi) is 4.95. The zero-order valence-corrected chi connectivity index (χ0v) is 15.2. The molecule has 0 spiro atoms. The fourth-order valence-corrected chi connectivity index (χ4v) is 3.01. The zero-order valence-electron chi connectivity index (χ0n) is 15.2. The molecule has 1 amide bonds. The minimum atomic E-state index is -0.723. The van der Waals surface area contributed by atoms with Gasteiger partial charge < -0.3 is 10.4 Å². The molecule has 0 atom stereocenters. The first-order valence-electron chi connectivity index (χ1n) is 8.44. The van der Waals surface area contributed by atoms with E-state index >= 15 is 4.39 Å². The number of aromatic hydroxyl groups is 1. The maximum absolute atomic E-state index is 15.1. The van der Waals surface area contributed by atoms with E-state index in [0.29, 0.717) is 22.4 Å². The third-order valence-corrected chi connectivity index (χ3v) is 4.48. The molecule has 0 heterocycles. The van der Waals surface area contributed by atoms with Gasteiger partial charge >= 0.3 is 0 Å². The first kappa shape index (κ1) is 18.6. The number of phenols is 1. The number of carbonyl (C=O) groups excluding carboxylic acids is 1. The normalized spacial score (nSPS) is 10.7. The minimum Gasteiger partial charge on any atom is -0.508 e. The van der Waals surface area contributed by atoms with E-state index in [1.807, 2.05) is 0 Å². The summed E-state index contributed by atoms with van der Waals surface area (Å²) in [6, 6.07) is 11.8. The van der Waals surface area contributed by atoms with Crippen LogP contribution in [0.3, 0.4) is 0 Å². The molecule has 0 fully saturated rings. The van der Waals surface area contributed by atoms with Gasteiger partial charge in [-0.2, -0.15) is 0 Å². The number of benzene rings is 3. The van der Waals surface area contributed by atoms with Gasteiger partial charge in [0.05, 0.1) is 11.3 Å². The van der Waals surface area contributed by atoms with Crippen LogP contribution in [0.5, 0.6) is 5.75 Å². The number of amides is 1. The number of carbonyl (C=O) groups is 1. The van der Waals surface area contributed by atoms with E-state index in [9.17, 15) is 14.3 Å². The van der Waals surface area contributed by atoms with Gasteiger partial charge in [0, 0.05) is 11.1 Å². The fourth-order valence-electron chi connectivity index (χ4n) is 3.01. The van der Waals surface area contributed by atoms with E-state index in [0.717, 1.165) is 5.56 Å². The van der Waals surface area contributed by atoms with Crippen molar-refractivity contribution in [1.82, 2.24) is 0 Å². The Hall–Kier alpha value is -3.21. The van der Waals surface area contributed by atoms with Crippen LogP contribution in [-0.4, -0.2) is 11.0 Å². The molecule has 0 saturated carbocycles. The molecule has 3 aromatic carbocycles. The molecule has 0 saturated heterocycles. The summed E-state index contributed by atoms with van der Waals surface area (Å²) in [4.78, 5) is 12.7. The Bertz CT molecular complexity index is 1040. The van der Waals surface area contributed by atoms with Gasteiger partial charge in [-0.15, -0.1) is 0 Å². The quantitative estimate of drug-likeness (QED) is 0.641. The van der Waals surface area contributed by atoms with Crippen LogP contribution in [0, 0.1) is 32.4 Å². The summed E-state index contributed by atoms with van der Waals surface area (Å²) in [5.41, 5.74) is 2.73. The van der Waals surface area contributed by atoms with Crippen LogP contribution in [0.25, 0.3) is 11.1 Å². The fraction of sp³-hybridized carbons (Fsp3) is 0.136. The average molecular weight is 367 g/mol. The van der Waals surface area contributed by atoms with Crippen molar-refractivity contribution in [3.05, 3.63) is 82.4 Å². The second kappa shape index (κ2) is 7.19. The smallest absolute Gasteiger partial charge is 0.258 e. The maximum atomic E-state index is 15.1. The van der Waals surface area contributed by atoms with Crippen LogP contribution in [0.15, 0.2) is 48.5 Å². The van der Waals surface area contributed by atoms with E-state index in [-0.39, 0.29) is 16.9 Å². The van der Waals surface area contributed by atoms with E-state index in [1.165, 1.54) is 30.3 Å². The molecule has 0 aliphatic carbocycles. The van der Waals surface area contributed by atoms with Gasteiger partial charge in [-0.3, -0.25) is 4.79 Å².